The van der Waals surface area contributed by atoms with E-state index in [1.165, 1.54) is 0 Å². The molecule has 0 radical (unpaired) electrons. The number of hydrogen-bond acceptors (Lipinski definition) is 4. The fourth-order valence-corrected chi connectivity index (χ4v) is 1.90. The molecule has 90 valence electrons. The highest BCUT2D eigenvalue weighted by atomic mass is 16.5. The fourth-order valence-electron chi connectivity index (χ4n) is 1.90. The second kappa shape index (κ2) is 7.17. The molecule has 15 heavy (non-hydrogen) atoms. The van der Waals surface area contributed by atoms with Crippen molar-refractivity contribution in [2.75, 3.05) is 39.4 Å². The smallest absolute Gasteiger partial charge is 0.0674 e. The van der Waals surface area contributed by atoms with Gasteiger partial charge in [0.05, 0.1) is 19.3 Å². The molecular formula is C11H24N2O2. The van der Waals surface area contributed by atoms with Crippen LogP contribution in [-0.4, -0.2) is 61.5 Å². The van der Waals surface area contributed by atoms with E-state index in [9.17, 15) is 5.11 Å². The maximum Gasteiger partial charge on any atom is 0.0674 e. The highest BCUT2D eigenvalue weighted by Gasteiger charge is 2.19. The van der Waals surface area contributed by atoms with E-state index in [1.807, 2.05) is 0 Å². The third-order valence-electron chi connectivity index (χ3n) is 2.71. The van der Waals surface area contributed by atoms with Gasteiger partial charge in [0.1, 0.15) is 0 Å². The standard InChI is InChI=1S/C11H24N2O2/c1-3-4-12-11(9-14)8-13-5-6-15-10(2)7-13/h10-12,14H,3-9H2,1-2H3. The normalized spacial score (nSPS) is 25.4. The van der Waals surface area contributed by atoms with Crippen molar-refractivity contribution in [1.29, 1.82) is 0 Å². The van der Waals surface area contributed by atoms with Gasteiger partial charge >= 0.3 is 0 Å². The summed E-state index contributed by atoms with van der Waals surface area (Å²) >= 11 is 0. The molecular weight excluding hydrogens is 192 g/mol. The highest BCUT2D eigenvalue weighted by Crippen LogP contribution is 2.04. The molecule has 0 bridgehead atoms. The van der Waals surface area contributed by atoms with Crippen molar-refractivity contribution in [3.8, 4) is 0 Å². The molecule has 0 amide bonds. The van der Waals surface area contributed by atoms with Crippen molar-refractivity contribution >= 4 is 0 Å². The summed E-state index contributed by atoms with van der Waals surface area (Å²) in [5, 5.41) is 12.6. The predicted molar refractivity (Wildman–Crippen MR) is 61.0 cm³/mol. The van der Waals surface area contributed by atoms with Gasteiger partial charge in [-0.05, 0) is 19.9 Å². The minimum Gasteiger partial charge on any atom is -0.395 e. The van der Waals surface area contributed by atoms with Crippen molar-refractivity contribution < 1.29 is 9.84 Å². The molecule has 1 aliphatic heterocycles. The third kappa shape index (κ3) is 4.93. The zero-order chi connectivity index (χ0) is 11.1. The molecule has 0 aromatic heterocycles. The lowest BCUT2D eigenvalue weighted by Crippen LogP contribution is -2.49. The summed E-state index contributed by atoms with van der Waals surface area (Å²) < 4.78 is 5.48. The first-order valence-corrected chi connectivity index (χ1v) is 5.94. The van der Waals surface area contributed by atoms with E-state index in [2.05, 4.69) is 24.1 Å². The van der Waals surface area contributed by atoms with Crippen LogP contribution in [0, 0.1) is 0 Å². The van der Waals surface area contributed by atoms with Crippen LogP contribution in [-0.2, 0) is 4.74 Å². The van der Waals surface area contributed by atoms with Crippen LogP contribution in [0.1, 0.15) is 20.3 Å². The number of morpholine rings is 1. The maximum absolute atomic E-state index is 9.23. The van der Waals surface area contributed by atoms with Gasteiger partial charge in [-0.2, -0.15) is 0 Å². The Morgan fingerprint density at radius 1 is 1.60 bits per heavy atom. The number of aliphatic hydroxyl groups is 1. The molecule has 1 saturated heterocycles. The average molecular weight is 216 g/mol. The topological polar surface area (TPSA) is 44.7 Å². The van der Waals surface area contributed by atoms with Crippen LogP contribution in [0.2, 0.25) is 0 Å². The number of nitrogens with one attached hydrogen (secondary N) is 1. The van der Waals surface area contributed by atoms with Crippen LogP contribution in [0.4, 0.5) is 0 Å². The lowest BCUT2D eigenvalue weighted by Gasteiger charge is -2.33. The lowest BCUT2D eigenvalue weighted by molar-refractivity contribution is -0.0228. The Balaban J connectivity index is 2.24. The SMILES string of the molecule is CCCNC(CO)CN1CCOC(C)C1. The van der Waals surface area contributed by atoms with Crippen LogP contribution < -0.4 is 5.32 Å². The number of ether oxygens (including phenoxy) is 1. The predicted octanol–water partition coefficient (Wildman–Crippen LogP) is 0.0676. The van der Waals surface area contributed by atoms with Gasteiger partial charge in [0.2, 0.25) is 0 Å². The molecule has 4 heteroatoms. The Hall–Kier alpha value is -0.160. The van der Waals surface area contributed by atoms with E-state index in [0.29, 0.717) is 6.10 Å². The molecule has 1 heterocycles. The summed E-state index contributed by atoms with van der Waals surface area (Å²) in [5.74, 6) is 0. The number of hydrogen-bond donors (Lipinski definition) is 2. The summed E-state index contributed by atoms with van der Waals surface area (Å²) in [6.45, 7) is 9.12. The number of rotatable bonds is 6. The summed E-state index contributed by atoms with van der Waals surface area (Å²) in [6, 6.07) is 0.204. The Morgan fingerprint density at radius 3 is 3.00 bits per heavy atom. The van der Waals surface area contributed by atoms with E-state index in [1.54, 1.807) is 0 Å². The fraction of sp³-hybridized carbons (Fsp3) is 1.00. The van der Waals surface area contributed by atoms with Gasteiger partial charge < -0.3 is 15.2 Å². The van der Waals surface area contributed by atoms with Gasteiger partial charge in [0.15, 0.2) is 0 Å². The minimum atomic E-state index is 0.204. The van der Waals surface area contributed by atoms with Gasteiger partial charge in [-0.1, -0.05) is 6.92 Å². The summed E-state index contributed by atoms with van der Waals surface area (Å²) in [6.07, 6.45) is 1.43. The van der Waals surface area contributed by atoms with Crippen molar-refractivity contribution in [2.24, 2.45) is 0 Å². The van der Waals surface area contributed by atoms with E-state index in [0.717, 1.165) is 39.2 Å². The molecule has 0 saturated carbocycles. The molecule has 0 aromatic carbocycles. The zero-order valence-electron chi connectivity index (χ0n) is 9.91. The molecule has 1 rings (SSSR count). The van der Waals surface area contributed by atoms with Gasteiger partial charge in [0, 0.05) is 25.7 Å². The molecule has 2 N–H and O–H groups in total. The zero-order valence-corrected chi connectivity index (χ0v) is 9.91. The molecule has 0 aromatic rings. The molecule has 2 atom stereocenters. The van der Waals surface area contributed by atoms with Gasteiger partial charge in [-0.25, -0.2) is 0 Å². The Labute approximate surface area is 92.6 Å². The van der Waals surface area contributed by atoms with Gasteiger partial charge in [0.25, 0.3) is 0 Å². The molecule has 0 aliphatic carbocycles. The highest BCUT2D eigenvalue weighted by molar-refractivity contribution is 4.75. The van der Waals surface area contributed by atoms with E-state index in [4.69, 9.17) is 4.74 Å². The Kier molecular flexibility index (Phi) is 6.17. The molecule has 4 nitrogen and oxygen atoms in total. The summed E-state index contributed by atoms with van der Waals surface area (Å²) in [5.41, 5.74) is 0. The quantitative estimate of drug-likeness (QED) is 0.659. The summed E-state index contributed by atoms with van der Waals surface area (Å²) in [4.78, 5) is 2.36. The van der Waals surface area contributed by atoms with Gasteiger partial charge in [-0.3, -0.25) is 4.90 Å². The monoisotopic (exact) mass is 216 g/mol. The largest absolute Gasteiger partial charge is 0.395 e. The van der Waals surface area contributed by atoms with Crippen molar-refractivity contribution in [1.82, 2.24) is 10.2 Å². The first-order chi connectivity index (χ1) is 7.26. The average Bonchev–Trinajstić information content (AvgIpc) is 2.24. The van der Waals surface area contributed by atoms with E-state index >= 15 is 0 Å². The number of nitrogens with zero attached hydrogens (tertiary/aromatic N) is 1. The van der Waals surface area contributed by atoms with Crippen LogP contribution in [0.15, 0.2) is 0 Å². The molecule has 1 fully saturated rings. The molecule has 1 aliphatic rings. The van der Waals surface area contributed by atoms with Crippen molar-refractivity contribution in [3.05, 3.63) is 0 Å². The van der Waals surface area contributed by atoms with Crippen LogP contribution in [0.25, 0.3) is 0 Å². The first-order valence-electron chi connectivity index (χ1n) is 5.94. The van der Waals surface area contributed by atoms with Crippen LogP contribution in [0.5, 0.6) is 0 Å². The first kappa shape index (κ1) is 12.9. The maximum atomic E-state index is 9.23. The second-order valence-electron chi connectivity index (χ2n) is 4.27. The van der Waals surface area contributed by atoms with Crippen LogP contribution in [0.3, 0.4) is 0 Å². The molecule has 0 spiro atoms. The Bertz CT molecular complexity index is 167. The minimum absolute atomic E-state index is 0.204. The molecule has 2 unspecified atom stereocenters. The Morgan fingerprint density at radius 2 is 2.40 bits per heavy atom. The summed E-state index contributed by atoms with van der Waals surface area (Å²) in [7, 11) is 0. The second-order valence-corrected chi connectivity index (χ2v) is 4.27. The van der Waals surface area contributed by atoms with Crippen molar-refractivity contribution in [2.45, 2.75) is 32.4 Å². The lowest BCUT2D eigenvalue weighted by atomic mass is 10.2. The van der Waals surface area contributed by atoms with Crippen LogP contribution >= 0.6 is 0 Å². The van der Waals surface area contributed by atoms with Gasteiger partial charge in [-0.15, -0.1) is 0 Å². The van der Waals surface area contributed by atoms with E-state index in [-0.39, 0.29) is 12.6 Å². The van der Waals surface area contributed by atoms with Crippen molar-refractivity contribution in [3.63, 3.8) is 0 Å². The van der Waals surface area contributed by atoms with E-state index < -0.39 is 0 Å². The third-order valence-corrected chi connectivity index (χ3v) is 2.71. The number of aliphatic hydroxyl groups excluding tert-OH is 1.